The van der Waals surface area contributed by atoms with Crippen LogP contribution in [-0.2, 0) is 9.59 Å². The Kier molecular flexibility index (Phi) is 5.81. The fourth-order valence-electron chi connectivity index (χ4n) is 3.63. The zero-order valence-electron chi connectivity index (χ0n) is 14.4. The van der Waals surface area contributed by atoms with Gasteiger partial charge in [0.2, 0.25) is 11.8 Å². The average molecular weight is 365 g/mol. The van der Waals surface area contributed by atoms with Gasteiger partial charge in [0.15, 0.2) is 0 Å². The molecule has 0 aromatic heterocycles. The van der Waals surface area contributed by atoms with Gasteiger partial charge in [-0.2, -0.15) is 0 Å². The van der Waals surface area contributed by atoms with E-state index in [0.29, 0.717) is 26.2 Å². The number of carbonyl (C=O) groups excluding carboxylic acids is 2. The smallest absolute Gasteiger partial charge is 0.236 e. The Hall–Kier alpha value is -1.79. The Morgan fingerprint density at radius 1 is 1.12 bits per heavy atom. The van der Waals surface area contributed by atoms with E-state index in [0.717, 1.165) is 43.2 Å². The molecular weight excluding hydrogens is 340 g/mol. The fraction of sp³-hybridized carbons (Fsp3) is 0.556. The summed E-state index contributed by atoms with van der Waals surface area (Å²) in [7, 11) is 0. The van der Waals surface area contributed by atoms with Crippen molar-refractivity contribution in [2.75, 3.05) is 50.7 Å². The number of primary amides is 1. The number of rotatable bonds is 4. The quantitative estimate of drug-likeness (QED) is 0.871. The number of piperazine rings is 1. The van der Waals surface area contributed by atoms with Crippen LogP contribution in [0.2, 0.25) is 5.02 Å². The predicted octanol–water partition coefficient (Wildman–Crippen LogP) is 1.19. The molecule has 136 valence electrons. The Bertz CT molecular complexity index is 631. The highest BCUT2D eigenvalue weighted by atomic mass is 35.5. The largest absolute Gasteiger partial charge is 0.369 e. The lowest BCUT2D eigenvalue weighted by Crippen LogP contribution is -2.52. The summed E-state index contributed by atoms with van der Waals surface area (Å²) in [6.45, 7) is 4.76. The van der Waals surface area contributed by atoms with E-state index >= 15 is 0 Å². The summed E-state index contributed by atoms with van der Waals surface area (Å²) in [5.41, 5.74) is 6.43. The third kappa shape index (κ3) is 4.44. The molecule has 2 fully saturated rings. The third-order valence-corrected chi connectivity index (χ3v) is 5.41. The maximum atomic E-state index is 12.6. The minimum atomic E-state index is -0.259. The van der Waals surface area contributed by atoms with Crippen LogP contribution in [0.1, 0.15) is 12.8 Å². The predicted molar refractivity (Wildman–Crippen MR) is 98.6 cm³/mol. The molecule has 2 saturated heterocycles. The molecule has 2 heterocycles. The van der Waals surface area contributed by atoms with Crippen molar-refractivity contribution < 1.29 is 9.59 Å². The summed E-state index contributed by atoms with van der Waals surface area (Å²) in [6, 6.07) is 7.80. The van der Waals surface area contributed by atoms with Crippen molar-refractivity contribution in [2.45, 2.75) is 12.8 Å². The first-order valence-electron chi connectivity index (χ1n) is 8.83. The first-order valence-corrected chi connectivity index (χ1v) is 9.21. The number of likely N-dealkylation sites (tertiary alicyclic amines) is 1. The van der Waals surface area contributed by atoms with Crippen molar-refractivity contribution in [3.8, 4) is 0 Å². The van der Waals surface area contributed by atoms with E-state index in [4.69, 9.17) is 17.3 Å². The minimum absolute atomic E-state index is 0.126. The topological polar surface area (TPSA) is 69.9 Å². The first-order chi connectivity index (χ1) is 12.0. The van der Waals surface area contributed by atoms with Gasteiger partial charge < -0.3 is 15.5 Å². The zero-order chi connectivity index (χ0) is 17.8. The normalized spacial score (nSPS) is 22.0. The second-order valence-electron chi connectivity index (χ2n) is 6.80. The van der Waals surface area contributed by atoms with Gasteiger partial charge in [-0.15, -0.1) is 0 Å². The minimum Gasteiger partial charge on any atom is -0.369 e. The zero-order valence-corrected chi connectivity index (χ0v) is 15.1. The molecule has 0 saturated carbocycles. The Balaban J connectivity index is 1.50. The number of para-hydroxylation sites is 1. The summed E-state index contributed by atoms with van der Waals surface area (Å²) < 4.78 is 0. The lowest BCUT2D eigenvalue weighted by molar-refractivity contribution is -0.134. The molecule has 2 aliphatic rings. The molecule has 0 aliphatic carbocycles. The van der Waals surface area contributed by atoms with E-state index in [1.807, 2.05) is 29.2 Å². The van der Waals surface area contributed by atoms with E-state index in [-0.39, 0.29) is 17.7 Å². The number of hydrogen-bond donors (Lipinski definition) is 1. The van der Waals surface area contributed by atoms with Gasteiger partial charge in [0.1, 0.15) is 0 Å². The standard InChI is InChI=1S/C18H25ClN4O2/c19-15-5-1-2-6-16(15)22-8-10-23(11-9-22)17(24)13-21-7-3-4-14(12-21)18(20)25/h1-2,5-6,14H,3-4,7-13H2,(H2,20,25)/t14-/m1/s1. The summed E-state index contributed by atoms with van der Waals surface area (Å²) in [4.78, 5) is 30.1. The molecule has 25 heavy (non-hydrogen) atoms. The summed E-state index contributed by atoms with van der Waals surface area (Å²) in [5, 5.41) is 0.744. The van der Waals surface area contributed by atoms with Crippen molar-refractivity contribution in [2.24, 2.45) is 11.7 Å². The number of hydrogen-bond acceptors (Lipinski definition) is 4. The number of halogens is 1. The highest BCUT2D eigenvalue weighted by molar-refractivity contribution is 6.33. The van der Waals surface area contributed by atoms with Gasteiger partial charge in [0, 0.05) is 32.7 Å². The van der Waals surface area contributed by atoms with Crippen molar-refractivity contribution in [3.63, 3.8) is 0 Å². The molecule has 0 spiro atoms. The van der Waals surface area contributed by atoms with E-state index in [2.05, 4.69) is 9.80 Å². The molecule has 1 aromatic rings. The molecule has 6 nitrogen and oxygen atoms in total. The molecule has 0 bridgehead atoms. The maximum Gasteiger partial charge on any atom is 0.236 e. The summed E-state index contributed by atoms with van der Waals surface area (Å²) in [6.07, 6.45) is 1.75. The molecule has 2 N–H and O–H groups in total. The van der Waals surface area contributed by atoms with Crippen LogP contribution in [0, 0.1) is 5.92 Å². The van der Waals surface area contributed by atoms with Crippen molar-refractivity contribution in [1.29, 1.82) is 0 Å². The molecule has 7 heteroatoms. The van der Waals surface area contributed by atoms with Crippen LogP contribution in [-0.4, -0.2) is 67.4 Å². The van der Waals surface area contributed by atoms with Crippen molar-refractivity contribution >= 4 is 29.1 Å². The van der Waals surface area contributed by atoms with Gasteiger partial charge in [-0.05, 0) is 31.5 Å². The number of nitrogens with two attached hydrogens (primary N) is 1. The monoisotopic (exact) mass is 364 g/mol. The fourth-order valence-corrected chi connectivity index (χ4v) is 3.88. The van der Waals surface area contributed by atoms with Crippen molar-refractivity contribution in [1.82, 2.24) is 9.80 Å². The van der Waals surface area contributed by atoms with Crippen LogP contribution in [0.3, 0.4) is 0 Å². The third-order valence-electron chi connectivity index (χ3n) is 5.09. The van der Waals surface area contributed by atoms with Crippen LogP contribution < -0.4 is 10.6 Å². The summed E-state index contributed by atoms with van der Waals surface area (Å²) in [5.74, 6) is -0.256. The van der Waals surface area contributed by atoms with Gasteiger partial charge in [-0.3, -0.25) is 14.5 Å². The van der Waals surface area contributed by atoms with Gasteiger partial charge >= 0.3 is 0 Å². The molecule has 1 aromatic carbocycles. The molecule has 2 amide bonds. The second-order valence-corrected chi connectivity index (χ2v) is 7.20. The second kappa shape index (κ2) is 8.06. The van der Waals surface area contributed by atoms with Gasteiger partial charge in [-0.25, -0.2) is 0 Å². The SMILES string of the molecule is NC(=O)[C@@H]1CCCN(CC(=O)N2CCN(c3ccccc3Cl)CC2)C1. The maximum absolute atomic E-state index is 12.6. The highest BCUT2D eigenvalue weighted by Crippen LogP contribution is 2.26. The van der Waals surface area contributed by atoms with Crippen LogP contribution in [0.4, 0.5) is 5.69 Å². The van der Waals surface area contributed by atoms with Gasteiger partial charge in [0.25, 0.3) is 0 Å². The van der Waals surface area contributed by atoms with Crippen LogP contribution in [0.25, 0.3) is 0 Å². The number of benzene rings is 1. The molecule has 0 unspecified atom stereocenters. The van der Waals surface area contributed by atoms with Crippen molar-refractivity contribution in [3.05, 3.63) is 29.3 Å². The van der Waals surface area contributed by atoms with Crippen LogP contribution in [0.15, 0.2) is 24.3 Å². The Labute approximate surface area is 153 Å². The summed E-state index contributed by atoms with van der Waals surface area (Å²) >= 11 is 6.26. The van der Waals surface area contributed by atoms with E-state index < -0.39 is 0 Å². The number of nitrogens with zero attached hydrogens (tertiary/aromatic N) is 3. The molecule has 2 aliphatic heterocycles. The molecule has 0 radical (unpaired) electrons. The Morgan fingerprint density at radius 3 is 2.52 bits per heavy atom. The highest BCUT2D eigenvalue weighted by Gasteiger charge is 2.28. The molecule has 3 rings (SSSR count). The Morgan fingerprint density at radius 2 is 1.84 bits per heavy atom. The van der Waals surface area contributed by atoms with Gasteiger partial charge in [-0.1, -0.05) is 23.7 Å². The van der Waals surface area contributed by atoms with E-state index in [1.165, 1.54) is 0 Å². The number of amides is 2. The number of piperidine rings is 1. The molecular formula is C18H25ClN4O2. The van der Waals surface area contributed by atoms with E-state index in [1.54, 1.807) is 0 Å². The molecule has 1 atom stereocenters. The lowest BCUT2D eigenvalue weighted by Gasteiger charge is -2.38. The number of carbonyl (C=O) groups is 2. The van der Waals surface area contributed by atoms with E-state index in [9.17, 15) is 9.59 Å². The number of anilines is 1. The van der Waals surface area contributed by atoms with Crippen LogP contribution >= 0.6 is 11.6 Å². The average Bonchev–Trinajstić information content (AvgIpc) is 2.62. The lowest BCUT2D eigenvalue weighted by atomic mass is 9.97. The van der Waals surface area contributed by atoms with Crippen LogP contribution in [0.5, 0.6) is 0 Å². The van der Waals surface area contributed by atoms with Gasteiger partial charge in [0.05, 0.1) is 23.2 Å². The first kappa shape index (κ1) is 18.0.